The normalized spacial score (nSPS) is 11.8. The number of rotatable bonds is 5. The second-order valence-electron chi connectivity index (χ2n) is 5.06. The molecule has 0 aliphatic heterocycles. The maximum Gasteiger partial charge on any atom is 0.265 e. The number of nitrogens with one attached hydrogen (secondary N) is 1. The van der Waals surface area contributed by atoms with Crippen LogP contribution in [0.3, 0.4) is 0 Å². The van der Waals surface area contributed by atoms with Gasteiger partial charge in [-0.3, -0.25) is 4.79 Å². The van der Waals surface area contributed by atoms with Gasteiger partial charge in [0.25, 0.3) is 5.91 Å². The summed E-state index contributed by atoms with van der Waals surface area (Å²) in [7, 11) is 0. The Morgan fingerprint density at radius 3 is 2.50 bits per heavy atom. The Kier molecular flexibility index (Phi) is 5.08. The van der Waals surface area contributed by atoms with Crippen LogP contribution in [0, 0.1) is 0 Å². The number of nitrogens with zero attached hydrogens (tertiary/aromatic N) is 2. The molecule has 1 N–H and O–H groups in total. The third-order valence-electron chi connectivity index (χ3n) is 3.29. The van der Waals surface area contributed by atoms with Gasteiger partial charge in [-0.15, -0.1) is 5.10 Å². The van der Waals surface area contributed by atoms with Crippen LogP contribution in [0.5, 0.6) is 5.75 Å². The number of carbonyl (C=O) groups excluding carboxylic acids is 1. The van der Waals surface area contributed by atoms with Gasteiger partial charge < -0.3 is 10.1 Å². The second-order valence-corrected chi connectivity index (χ2v) is 6.28. The second kappa shape index (κ2) is 7.42. The van der Waals surface area contributed by atoms with Crippen LogP contribution in [0.25, 0.3) is 10.4 Å². The van der Waals surface area contributed by atoms with Gasteiger partial charge in [-0.2, -0.15) is 0 Å². The Hall–Kier alpha value is -2.44. The summed E-state index contributed by atoms with van der Waals surface area (Å²) in [4.78, 5) is 13.2. The third-order valence-corrected chi connectivity index (χ3v) is 4.26. The molecule has 0 fully saturated rings. The number of hydrogen-bond donors (Lipinski definition) is 1. The van der Waals surface area contributed by atoms with E-state index >= 15 is 0 Å². The van der Waals surface area contributed by atoms with Crippen LogP contribution in [0.15, 0.2) is 54.7 Å². The minimum atomic E-state index is -0.628. The lowest BCUT2D eigenvalue weighted by Gasteiger charge is -2.15. The van der Waals surface area contributed by atoms with E-state index in [0.29, 0.717) is 16.5 Å². The summed E-state index contributed by atoms with van der Waals surface area (Å²) in [5, 5.41) is 7.26. The maximum absolute atomic E-state index is 12.2. The molecule has 7 heteroatoms. The smallest absolute Gasteiger partial charge is 0.265 e. The highest BCUT2D eigenvalue weighted by atomic mass is 35.5. The summed E-state index contributed by atoms with van der Waals surface area (Å²) in [6.45, 7) is 1.70. The monoisotopic (exact) mass is 359 g/mol. The van der Waals surface area contributed by atoms with Gasteiger partial charge in [0.1, 0.15) is 5.75 Å². The summed E-state index contributed by atoms with van der Waals surface area (Å²) >= 11 is 7.15. The van der Waals surface area contributed by atoms with Crippen LogP contribution >= 0.6 is 23.1 Å². The summed E-state index contributed by atoms with van der Waals surface area (Å²) in [6.07, 6.45) is 1.08. The number of aromatic nitrogens is 2. The van der Waals surface area contributed by atoms with E-state index in [1.165, 1.54) is 11.5 Å². The molecule has 0 saturated carbocycles. The molecule has 5 nitrogen and oxygen atoms in total. The molecule has 1 unspecified atom stereocenters. The minimum absolute atomic E-state index is 0.225. The van der Waals surface area contributed by atoms with Crippen LogP contribution in [0.1, 0.15) is 6.92 Å². The molecule has 2 aromatic carbocycles. The molecule has 0 aliphatic rings. The average molecular weight is 360 g/mol. The lowest BCUT2D eigenvalue weighted by atomic mass is 10.2. The van der Waals surface area contributed by atoms with Crippen molar-refractivity contribution < 1.29 is 9.53 Å². The first-order valence-corrected chi connectivity index (χ1v) is 8.38. The number of anilines is 1. The number of hydrogen-bond acceptors (Lipinski definition) is 5. The highest BCUT2D eigenvalue weighted by Crippen LogP contribution is 2.23. The van der Waals surface area contributed by atoms with Gasteiger partial charge in [0.05, 0.1) is 11.1 Å². The van der Waals surface area contributed by atoms with Gasteiger partial charge in [0.15, 0.2) is 6.10 Å². The van der Waals surface area contributed by atoms with E-state index in [9.17, 15) is 4.79 Å². The number of ether oxygens (including phenoxy) is 1. The minimum Gasteiger partial charge on any atom is -0.481 e. The van der Waals surface area contributed by atoms with Crippen molar-refractivity contribution >= 4 is 34.7 Å². The Morgan fingerprint density at radius 2 is 1.88 bits per heavy atom. The SMILES string of the molecule is CC(Oc1ccc(Cl)cc1)C(=O)Nc1ccc(-c2cnns2)cc1. The van der Waals surface area contributed by atoms with Crippen molar-refractivity contribution in [2.75, 3.05) is 5.32 Å². The lowest BCUT2D eigenvalue weighted by molar-refractivity contribution is -0.122. The molecule has 24 heavy (non-hydrogen) atoms. The van der Waals surface area contributed by atoms with Crippen molar-refractivity contribution in [3.05, 3.63) is 59.8 Å². The highest BCUT2D eigenvalue weighted by molar-refractivity contribution is 7.09. The quantitative estimate of drug-likeness (QED) is 0.739. The molecular formula is C17H14ClN3O2S. The summed E-state index contributed by atoms with van der Waals surface area (Å²) in [6, 6.07) is 14.4. The predicted octanol–water partition coefficient (Wildman–Crippen LogP) is 4.26. The van der Waals surface area contributed by atoms with Crippen molar-refractivity contribution in [3.8, 4) is 16.2 Å². The van der Waals surface area contributed by atoms with Gasteiger partial charge in [-0.1, -0.05) is 28.2 Å². The maximum atomic E-state index is 12.2. The van der Waals surface area contributed by atoms with Crippen molar-refractivity contribution in [1.29, 1.82) is 0 Å². The van der Waals surface area contributed by atoms with E-state index < -0.39 is 6.10 Å². The molecule has 1 heterocycles. The fraction of sp³-hybridized carbons (Fsp3) is 0.118. The van der Waals surface area contributed by atoms with Crippen LogP contribution in [-0.4, -0.2) is 21.6 Å². The number of amides is 1. The molecule has 0 bridgehead atoms. The van der Waals surface area contributed by atoms with Crippen LogP contribution in [0.4, 0.5) is 5.69 Å². The number of carbonyl (C=O) groups is 1. The van der Waals surface area contributed by atoms with Gasteiger partial charge in [0, 0.05) is 10.7 Å². The fourth-order valence-corrected chi connectivity index (χ4v) is 2.67. The fourth-order valence-electron chi connectivity index (χ4n) is 2.03. The predicted molar refractivity (Wildman–Crippen MR) is 95.5 cm³/mol. The zero-order valence-electron chi connectivity index (χ0n) is 12.8. The molecule has 0 saturated heterocycles. The van der Waals surface area contributed by atoms with Crippen LogP contribution in [-0.2, 0) is 4.79 Å². The Balaban J connectivity index is 1.60. The van der Waals surface area contributed by atoms with Gasteiger partial charge in [-0.25, -0.2) is 0 Å². The van der Waals surface area contributed by atoms with E-state index in [-0.39, 0.29) is 5.91 Å². The summed E-state index contributed by atoms with van der Waals surface area (Å²) < 4.78 is 9.44. The number of benzene rings is 2. The average Bonchev–Trinajstić information content (AvgIpc) is 3.12. The topological polar surface area (TPSA) is 64.1 Å². The number of halogens is 1. The Bertz CT molecular complexity index is 805. The molecule has 0 spiro atoms. The van der Waals surface area contributed by atoms with Crippen LogP contribution in [0.2, 0.25) is 5.02 Å². The van der Waals surface area contributed by atoms with E-state index in [1.54, 1.807) is 37.4 Å². The Labute approximate surface area is 148 Å². The van der Waals surface area contributed by atoms with Crippen LogP contribution < -0.4 is 10.1 Å². The Morgan fingerprint density at radius 1 is 1.17 bits per heavy atom. The molecule has 1 atom stereocenters. The molecule has 122 valence electrons. The van der Waals surface area contributed by atoms with E-state index in [4.69, 9.17) is 16.3 Å². The van der Waals surface area contributed by atoms with Crippen molar-refractivity contribution in [1.82, 2.24) is 9.59 Å². The largest absolute Gasteiger partial charge is 0.481 e. The van der Waals surface area contributed by atoms with Crippen molar-refractivity contribution in [3.63, 3.8) is 0 Å². The molecule has 3 aromatic rings. The summed E-state index contributed by atoms with van der Waals surface area (Å²) in [5.41, 5.74) is 1.71. The first-order chi connectivity index (χ1) is 11.6. The highest BCUT2D eigenvalue weighted by Gasteiger charge is 2.15. The van der Waals surface area contributed by atoms with E-state index in [2.05, 4.69) is 14.9 Å². The lowest BCUT2D eigenvalue weighted by Crippen LogP contribution is -2.30. The van der Waals surface area contributed by atoms with Gasteiger partial charge in [0.2, 0.25) is 0 Å². The van der Waals surface area contributed by atoms with E-state index in [1.807, 2.05) is 24.3 Å². The molecule has 0 aliphatic carbocycles. The van der Waals surface area contributed by atoms with Gasteiger partial charge in [-0.05, 0) is 60.4 Å². The standard InChI is InChI=1S/C17H14ClN3O2S/c1-11(23-15-8-4-13(18)5-9-15)17(22)20-14-6-2-12(3-7-14)16-10-19-21-24-16/h2-11H,1H3,(H,20,22). The zero-order chi connectivity index (χ0) is 16.9. The molecule has 0 radical (unpaired) electrons. The van der Waals surface area contributed by atoms with Crippen molar-refractivity contribution in [2.45, 2.75) is 13.0 Å². The molecule has 1 aromatic heterocycles. The van der Waals surface area contributed by atoms with Gasteiger partial charge >= 0.3 is 0 Å². The first-order valence-electron chi connectivity index (χ1n) is 7.23. The third kappa shape index (κ3) is 4.10. The summed E-state index contributed by atoms with van der Waals surface area (Å²) in [5.74, 6) is 0.368. The molecule has 3 rings (SSSR count). The van der Waals surface area contributed by atoms with Crippen molar-refractivity contribution in [2.24, 2.45) is 0 Å². The zero-order valence-corrected chi connectivity index (χ0v) is 14.3. The molecule has 1 amide bonds. The first kappa shape index (κ1) is 16.4. The molecular weight excluding hydrogens is 346 g/mol. The van der Waals surface area contributed by atoms with E-state index in [0.717, 1.165) is 10.4 Å².